The molecule has 0 aromatic heterocycles. The third-order valence-corrected chi connectivity index (χ3v) is 6.08. The van der Waals surface area contributed by atoms with Crippen LogP contribution in [0.3, 0.4) is 0 Å². The Morgan fingerprint density at radius 1 is 1.03 bits per heavy atom. The molecule has 1 heterocycles. The van der Waals surface area contributed by atoms with E-state index < -0.39 is 18.0 Å². The molecule has 162 valence electrons. The maximum Gasteiger partial charge on any atom is 0.407 e. The summed E-state index contributed by atoms with van der Waals surface area (Å²) < 4.78 is 5.46. The molecule has 2 aromatic carbocycles. The van der Waals surface area contributed by atoms with Gasteiger partial charge in [-0.2, -0.15) is 0 Å². The first kappa shape index (κ1) is 20.9. The molecule has 31 heavy (non-hydrogen) atoms. The van der Waals surface area contributed by atoms with Gasteiger partial charge >= 0.3 is 12.1 Å². The number of carboxylic acid groups (broad SMARTS) is 1. The van der Waals surface area contributed by atoms with Crippen LogP contribution in [0.5, 0.6) is 0 Å². The lowest BCUT2D eigenvalue weighted by Gasteiger charge is -2.30. The molecular weight excluding hydrogens is 396 g/mol. The SMILES string of the molecule is O=C(NCCC(=O)N1CCCC(C(=O)O)C1)OCC1c2ccccc2-c2ccccc21. The Kier molecular flexibility index (Phi) is 6.21. The quantitative estimate of drug-likeness (QED) is 0.745. The van der Waals surface area contributed by atoms with Crippen molar-refractivity contribution in [3.05, 3.63) is 59.7 Å². The highest BCUT2D eigenvalue weighted by molar-refractivity contribution is 5.80. The van der Waals surface area contributed by atoms with Gasteiger partial charge in [0, 0.05) is 32.0 Å². The maximum absolute atomic E-state index is 12.3. The van der Waals surface area contributed by atoms with Gasteiger partial charge in [-0.05, 0) is 35.1 Å². The molecule has 1 atom stereocenters. The van der Waals surface area contributed by atoms with Gasteiger partial charge in [0.15, 0.2) is 0 Å². The standard InChI is InChI=1S/C24H26N2O5/c27-22(26-13-5-6-16(14-26)23(28)29)11-12-25-24(30)31-15-21-19-9-3-1-7-17(19)18-8-2-4-10-20(18)21/h1-4,7-10,16,21H,5-6,11-15H2,(H,25,30)(H,28,29). The minimum Gasteiger partial charge on any atom is -0.481 e. The molecular formula is C24H26N2O5. The van der Waals surface area contributed by atoms with Gasteiger partial charge in [-0.1, -0.05) is 48.5 Å². The summed E-state index contributed by atoms with van der Waals surface area (Å²) in [7, 11) is 0. The van der Waals surface area contributed by atoms with Crippen molar-refractivity contribution < 1.29 is 24.2 Å². The number of rotatable bonds is 6. The molecule has 1 unspecified atom stereocenters. The monoisotopic (exact) mass is 422 g/mol. The molecule has 2 aromatic rings. The lowest BCUT2D eigenvalue weighted by atomic mass is 9.98. The summed E-state index contributed by atoms with van der Waals surface area (Å²) in [6.45, 7) is 1.18. The Labute approximate surface area is 181 Å². The van der Waals surface area contributed by atoms with Crippen molar-refractivity contribution in [1.29, 1.82) is 0 Å². The Morgan fingerprint density at radius 2 is 1.68 bits per heavy atom. The first-order valence-electron chi connectivity index (χ1n) is 10.6. The molecule has 7 heteroatoms. The van der Waals surface area contributed by atoms with E-state index in [0.29, 0.717) is 19.4 Å². The van der Waals surface area contributed by atoms with Gasteiger partial charge in [-0.3, -0.25) is 9.59 Å². The minimum atomic E-state index is -0.866. The molecule has 0 radical (unpaired) electrons. The van der Waals surface area contributed by atoms with E-state index in [2.05, 4.69) is 29.6 Å². The van der Waals surface area contributed by atoms with Crippen LogP contribution in [0.1, 0.15) is 36.3 Å². The number of amides is 2. The molecule has 1 aliphatic heterocycles. The van der Waals surface area contributed by atoms with Crippen LogP contribution in [0.15, 0.2) is 48.5 Å². The number of hydrogen-bond acceptors (Lipinski definition) is 4. The van der Waals surface area contributed by atoms with E-state index in [9.17, 15) is 14.4 Å². The van der Waals surface area contributed by atoms with Gasteiger partial charge in [0.2, 0.25) is 5.91 Å². The zero-order chi connectivity index (χ0) is 21.8. The van der Waals surface area contributed by atoms with Gasteiger partial charge in [0.25, 0.3) is 0 Å². The predicted octanol–water partition coefficient (Wildman–Crippen LogP) is 3.24. The summed E-state index contributed by atoms with van der Waals surface area (Å²) in [6.07, 6.45) is 0.840. The zero-order valence-electron chi connectivity index (χ0n) is 17.3. The molecule has 1 fully saturated rings. The highest BCUT2D eigenvalue weighted by Crippen LogP contribution is 2.44. The second kappa shape index (κ2) is 9.20. The van der Waals surface area contributed by atoms with E-state index >= 15 is 0 Å². The van der Waals surface area contributed by atoms with E-state index in [1.807, 2.05) is 24.3 Å². The summed E-state index contributed by atoms with van der Waals surface area (Å²) in [5.74, 6) is -1.53. The molecule has 2 N–H and O–H groups in total. The number of alkyl carbamates (subject to hydrolysis) is 1. The van der Waals surface area contributed by atoms with Crippen molar-refractivity contribution in [2.75, 3.05) is 26.2 Å². The number of aliphatic carboxylic acids is 1. The number of nitrogens with one attached hydrogen (secondary N) is 1. The Bertz CT molecular complexity index is 944. The number of benzene rings is 2. The topological polar surface area (TPSA) is 95.9 Å². The number of ether oxygens (including phenoxy) is 1. The van der Waals surface area contributed by atoms with Crippen LogP contribution in [0.4, 0.5) is 4.79 Å². The second-order valence-corrected chi connectivity index (χ2v) is 8.02. The minimum absolute atomic E-state index is 0.0129. The van der Waals surface area contributed by atoms with Crippen LogP contribution < -0.4 is 5.32 Å². The molecule has 0 saturated carbocycles. The third kappa shape index (κ3) is 4.55. The molecule has 2 aliphatic rings. The molecule has 0 bridgehead atoms. The average molecular weight is 422 g/mol. The van der Waals surface area contributed by atoms with Gasteiger partial charge in [-0.25, -0.2) is 4.79 Å². The van der Waals surface area contributed by atoms with E-state index in [0.717, 1.165) is 11.1 Å². The largest absolute Gasteiger partial charge is 0.481 e. The number of piperidine rings is 1. The number of carbonyl (C=O) groups is 3. The van der Waals surface area contributed by atoms with Crippen LogP contribution in [0.2, 0.25) is 0 Å². The van der Waals surface area contributed by atoms with Crippen LogP contribution in [0.25, 0.3) is 11.1 Å². The molecule has 0 spiro atoms. The Morgan fingerprint density at radius 3 is 2.32 bits per heavy atom. The van der Waals surface area contributed by atoms with Crippen molar-refractivity contribution in [2.24, 2.45) is 5.92 Å². The number of fused-ring (bicyclic) bond motifs is 3. The summed E-state index contributed by atoms with van der Waals surface area (Å²) in [6, 6.07) is 16.3. The van der Waals surface area contributed by atoms with E-state index in [-0.39, 0.29) is 37.9 Å². The Hall–Kier alpha value is -3.35. The zero-order valence-corrected chi connectivity index (χ0v) is 17.3. The van der Waals surface area contributed by atoms with Crippen molar-refractivity contribution >= 4 is 18.0 Å². The number of carboxylic acids is 1. The lowest BCUT2D eigenvalue weighted by molar-refractivity contribution is -0.145. The van der Waals surface area contributed by atoms with Crippen molar-refractivity contribution in [2.45, 2.75) is 25.2 Å². The highest BCUT2D eigenvalue weighted by atomic mass is 16.5. The average Bonchev–Trinajstić information content (AvgIpc) is 3.11. The first-order chi connectivity index (χ1) is 15.0. The molecule has 1 aliphatic carbocycles. The third-order valence-electron chi connectivity index (χ3n) is 6.08. The summed E-state index contributed by atoms with van der Waals surface area (Å²) in [5.41, 5.74) is 4.62. The van der Waals surface area contributed by atoms with Crippen LogP contribution in [0, 0.1) is 5.92 Å². The Balaban J connectivity index is 1.26. The van der Waals surface area contributed by atoms with E-state index in [1.165, 1.54) is 11.1 Å². The maximum atomic E-state index is 12.3. The van der Waals surface area contributed by atoms with Gasteiger partial charge < -0.3 is 20.1 Å². The van der Waals surface area contributed by atoms with E-state index in [1.54, 1.807) is 4.90 Å². The van der Waals surface area contributed by atoms with Crippen molar-refractivity contribution in [3.63, 3.8) is 0 Å². The number of hydrogen-bond donors (Lipinski definition) is 2. The molecule has 1 saturated heterocycles. The number of likely N-dealkylation sites (tertiary alicyclic amines) is 1. The normalized spacial score (nSPS) is 17.5. The highest BCUT2D eigenvalue weighted by Gasteiger charge is 2.29. The fourth-order valence-corrected chi connectivity index (χ4v) is 4.48. The number of nitrogens with zero attached hydrogens (tertiary/aromatic N) is 1. The second-order valence-electron chi connectivity index (χ2n) is 8.02. The van der Waals surface area contributed by atoms with Crippen molar-refractivity contribution in [1.82, 2.24) is 10.2 Å². The van der Waals surface area contributed by atoms with E-state index in [4.69, 9.17) is 9.84 Å². The molecule has 4 rings (SSSR count). The lowest BCUT2D eigenvalue weighted by Crippen LogP contribution is -2.43. The smallest absolute Gasteiger partial charge is 0.407 e. The summed E-state index contributed by atoms with van der Waals surface area (Å²) >= 11 is 0. The molecule has 7 nitrogen and oxygen atoms in total. The van der Waals surface area contributed by atoms with Gasteiger partial charge in [0.05, 0.1) is 5.92 Å². The molecule has 2 amide bonds. The number of carbonyl (C=O) groups excluding carboxylic acids is 2. The summed E-state index contributed by atoms with van der Waals surface area (Å²) in [5, 5.41) is 11.8. The van der Waals surface area contributed by atoms with Crippen LogP contribution in [-0.2, 0) is 14.3 Å². The summed E-state index contributed by atoms with van der Waals surface area (Å²) in [4.78, 5) is 37.2. The fraction of sp³-hybridized carbons (Fsp3) is 0.375. The van der Waals surface area contributed by atoms with Crippen LogP contribution in [-0.4, -0.2) is 54.2 Å². The first-order valence-corrected chi connectivity index (χ1v) is 10.6. The van der Waals surface area contributed by atoms with Crippen molar-refractivity contribution in [3.8, 4) is 11.1 Å². The van der Waals surface area contributed by atoms with Crippen LogP contribution >= 0.6 is 0 Å². The fourth-order valence-electron chi connectivity index (χ4n) is 4.48. The van der Waals surface area contributed by atoms with Gasteiger partial charge in [-0.15, -0.1) is 0 Å². The predicted molar refractivity (Wildman–Crippen MR) is 115 cm³/mol. The van der Waals surface area contributed by atoms with Gasteiger partial charge in [0.1, 0.15) is 6.61 Å².